The maximum Gasteiger partial charge on any atom is 0.145 e. The van der Waals surface area contributed by atoms with Gasteiger partial charge in [-0.2, -0.15) is 5.26 Å². The summed E-state index contributed by atoms with van der Waals surface area (Å²) in [6, 6.07) is 12.8. The van der Waals surface area contributed by atoms with Gasteiger partial charge in [0, 0.05) is 0 Å². The second-order valence-corrected chi connectivity index (χ2v) is 3.46. The quantitative estimate of drug-likeness (QED) is 0.782. The van der Waals surface area contributed by atoms with Crippen molar-refractivity contribution in [3.05, 3.63) is 66.3 Å². The van der Waals surface area contributed by atoms with Crippen molar-refractivity contribution in [1.29, 1.82) is 5.26 Å². The maximum absolute atomic E-state index is 12.7. The fourth-order valence-corrected chi connectivity index (χ4v) is 1.42. The number of nitriles is 1. The molecule has 2 rings (SSSR count). The lowest BCUT2D eigenvalue weighted by molar-refractivity contribution is 0.479. The summed E-state index contributed by atoms with van der Waals surface area (Å²) in [4.78, 5) is 0. The van der Waals surface area contributed by atoms with Crippen LogP contribution in [0.2, 0.25) is 0 Å². The van der Waals surface area contributed by atoms with Gasteiger partial charge in [0.05, 0.1) is 5.56 Å². The predicted octanol–water partition coefficient (Wildman–Crippen LogP) is 3.67. The van der Waals surface area contributed by atoms with E-state index in [-0.39, 0.29) is 5.82 Å². The highest BCUT2D eigenvalue weighted by atomic mass is 19.1. The topological polar surface area (TPSA) is 33.0 Å². The molecule has 1 radical (unpaired) electrons. The standard InChI is InChI=1S/C14H9FNO/c1-10-3-2-4-14(13(10)9-16)17-12-7-5-11(15)6-8-12/h2-8H,1H2. The summed E-state index contributed by atoms with van der Waals surface area (Å²) in [7, 11) is 0. The summed E-state index contributed by atoms with van der Waals surface area (Å²) in [6.07, 6.45) is 0. The number of rotatable bonds is 2. The molecule has 0 aliphatic carbocycles. The third-order valence-corrected chi connectivity index (χ3v) is 2.27. The van der Waals surface area contributed by atoms with Gasteiger partial charge >= 0.3 is 0 Å². The van der Waals surface area contributed by atoms with Gasteiger partial charge in [0.25, 0.3) is 0 Å². The first kappa shape index (κ1) is 11.2. The van der Waals surface area contributed by atoms with Gasteiger partial charge in [-0.3, -0.25) is 0 Å². The van der Waals surface area contributed by atoms with E-state index in [9.17, 15) is 4.39 Å². The zero-order valence-corrected chi connectivity index (χ0v) is 8.98. The fourth-order valence-electron chi connectivity index (χ4n) is 1.42. The molecule has 0 atom stereocenters. The summed E-state index contributed by atoms with van der Waals surface area (Å²) in [5.41, 5.74) is 0.990. The van der Waals surface area contributed by atoms with Gasteiger partial charge < -0.3 is 4.74 Å². The molecule has 0 aliphatic rings. The minimum atomic E-state index is -0.330. The van der Waals surface area contributed by atoms with Gasteiger partial charge in [0.2, 0.25) is 0 Å². The van der Waals surface area contributed by atoms with Crippen molar-refractivity contribution in [3.8, 4) is 17.6 Å². The van der Waals surface area contributed by atoms with Gasteiger partial charge in [0.1, 0.15) is 23.4 Å². The van der Waals surface area contributed by atoms with Crippen LogP contribution in [0.1, 0.15) is 11.1 Å². The number of halogens is 1. The molecule has 0 amide bonds. The van der Waals surface area contributed by atoms with Crippen LogP contribution >= 0.6 is 0 Å². The molecule has 0 unspecified atom stereocenters. The molecule has 83 valence electrons. The zero-order valence-electron chi connectivity index (χ0n) is 8.98. The molecule has 0 heterocycles. The van der Waals surface area contributed by atoms with Crippen LogP contribution in [-0.2, 0) is 0 Å². The Labute approximate surface area is 98.9 Å². The fraction of sp³-hybridized carbons (Fsp3) is 0. The van der Waals surface area contributed by atoms with E-state index in [4.69, 9.17) is 10.00 Å². The molecule has 0 aliphatic heterocycles. The molecule has 0 bridgehead atoms. The molecule has 17 heavy (non-hydrogen) atoms. The van der Waals surface area contributed by atoms with Crippen molar-refractivity contribution in [1.82, 2.24) is 0 Å². The molecule has 0 saturated carbocycles. The zero-order chi connectivity index (χ0) is 12.3. The van der Waals surface area contributed by atoms with Crippen LogP contribution in [0.3, 0.4) is 0 Å². The van der Waals surface area contributed by atoms with E-state index in [1.165, 1.54) is 24.3 Å². The van der Waals surface area contributed by atoms with Crippen LogP contribution in [0.25, 0.3) is 0 Å². The highest BCUT2D eigenvalue weighted by Crippen LogP contribution is 2.26. The average Bonchev–Trinajstić information content (AvgIpc) is 2.32. The summed E-state index contributed by atoms with van der Waals surface area (Å²) >= 11 is 0. The molecular weight excluding hydrogens is 217 g/mol. The van der Waals surface area contributed by atoms with Crippen LogP contribution < -0.4 is 4.74 Å². The van der Waals surface area contributed by atoms with E-state index < -0.39 is 0 Å². The Bertz CT molecular complexity index is 570. The van der Waals surface area contributed by atoms with Gasteiger partial charge in [-0.05, 0) is 42.8 Å². The third kappa shape index (κ3) is 2.43. The Morgan fingerprint density at radius 3 is 2.47 bits per heavy atom. The van der Waals surface area contributed by atoms with E-state index in [2.05, 4.69) is 6.92 Å². The number of hydrogen-bond acceptors (Lipinski definition) is 2. The van der Waals surface area contributed by atoms with Crippen molar-refractivity contribution in [2.24, 2.45) is 0 Å². The minimum Gasteiger partial charge on any atom is -0.456 e. The Morgan fingerprint density at radius 2 is 1.82 bits per heavy atom. The summed E-state index contributed by atoms with van der Waals surface area (Å²) in [6.45, 7) is 3.75. The highest BCUT2D eigenvalue weighted by Gasteiger charge is 2.06. The van der Waals surface area contributed by atoms with Gasteiger partial charge in [-0.25, -0.2) is 4.39 Å². The number of hydrogen-bond donors (Lipinski definition) is 0. The first-order valence-corrected chi connectivity index (χ1v) is 4.99. The van der Waals surface area contributed by atoms with E-state index >= 15 is 0 Å². The normalized spacial score (nSPS) is 9.71. The minimum absolute atomic E-state index is 0.330. The third-order valence-electron chi connectivity index (χ3n) is 2.27. The van der Waals surface area contributed by atoms with Gasteiger partial charge in [-0.15, -0.1) is 0 Å². The average molecular weight is 226 g/mol. The Kier molecular flexibility index (Phi) is 3.06. The largest absolute Gasteiger partial charge is 0.456 e. The molecule has 0 aromatic heterocycles. The van der Waals surface area contributed by atoms with Crippen LogP contribution in [0, 0.1) is 24.1 Å². The van der Waals surface area contributed by atoms with E-state index in [1.807, 2.05) is 6.07 Å². The summed E-state index contributed by atoms with van der Waals surface area (Å²) < 4.78 is 18.2. The van der Waals surface area contributed by atoms with E-state index in [0.29, 0.717) is 22.6 Å². The highest BCUT2D eigenvalue weighted by molar-refractivity contribution is 5.51. The van der Waals surface area contributed by atoms with Crippen molar-refractivity contribution < 1.29 is 9.13 Å². The van der Waals surface area contributed by atoms with Crippen molar-refractivity contribution in [2.75, 3.05) is 0 Å². The first-order chi connectivity index (χ1) is 8.20. The smallest absolute Gasteiger partial charge is 0.145 e. The molecule has 3 heteroatoms. The summed E-state index contributed by atoms with van der Waals surface area (Å²) in [5.74, 6) is 0.573. The summed E-state index contributed by atoms with van der Waals surface area (Å²) in [5, 5.41) is 8.99. The van der Waals surface area contributed by atoms with Crippen molar-refractivity contribution in [2.45, 2.75) is 0 Å². The number of benzene rings is 2. The lowest BCUT2D eigenvalue weighted by atomic mass is 10.1. The molecule has 2 aromatic rings. The Balaban J connectivity index is 2.34. The predicted molar refractivity (Wildman–Crippen MR) is 62.1 cm³/mol. The van der Waals surface area contributed by atoms with Crippen LogP contribution in [0.5, 0.6) is 11.5 Å². The van der Waals surface area contributed by atoms with E-state index in [0.717, 1.165) is 0 Å². The lowest BCUT2D eigenvalue weighted by Crippen LogP contribution is -1.90. The maximum atomic E-state index is 12.7. The SMILES string of the molecule is [CH2]c1cccc(Oc2ccc(F)cc2)c1C#N. The van der Waals surface area contributed by atoms with E-state index in [1.54, 1.807) is 18.2 Å². The molecule has 0 N–H and O–H groups in total. The molecule has 2 nitrogen and oxygen atoms in total. The molecular formula is C14H9FNO. The second kappa shape index (κ2) is 4.67. The Morgan fingerprint density at radius 1 is 1.12 bits per heavy atom. The second-order valence-electron chi connectivity index (χ2n) is 3.46. The monoisotopic (exact) mass is 226 g/mol. The first-order valence-electron chi connectivity index (χ1n) is 4.99. The van der Waals surface area contributed by atoms with Crippen molar-refractivity contribution in [3.63, 3.8) is 0 Å². The van der Waals surface area contributed by atoms with Gasteiger partial charge in [0.15, 0.2) is 0 Å². The van der Waals surface area contributed by atoms with Crippen molar-refractivity contribution >= 4 is 0 Å². The number of nitrogens with zero attached hydrogens (tertiary/aromatic N) is 1. The molecule has 2 aromatic carbocycles. The van der Waals surface area contributed by atoms with Crippen LogP contribution in [0.4, 0.5) is 4.39 Å². The van der Waals surface area contributed by atoms with Crippen LogP contribution in [-0.4, -0.2) is 0 Å². The van der Waals surface area contributed by atoms with Gasteiger partial charge in [-0.1, -0.05) is 12.1 Å². The lowest BCUT2D eigenvalue weighted by Gasteiger charge is -2.08. The van der Waals surface area contributed by atoms with Crippen LogP contribution in [0.15, 0.2) is 42.5 Å². The molecule has 0 fully saturated rings. The molecule has 0 saturated heterocycles. The molecule has 0 spiro atoms. The number of ether oxygens (including phenoxy) is 1. The Hall–Kier alpha value is -2.34.